The maximum absolute atomic E-state index is 4.36. The summed E-state index contributed by atoms with van der Waals surface area (Å²) in [6.45, 7) is 9.75. The summed E-state index contributed by atoms with van der Waals surface area (Å²) in [5.74, 6) is 0. The van der Waals surface area contributed by atoms with Crippen molar-refractivity contribution >= 4 is 0 Å². The first kappa shape index (κ1) is 14.1. The first-order valence-electron chi connectivity index (χ1n) is 6.69. The normalized spacial score (nSPS) is 11.0. The van der Waals surface area contributed by atoms with Crippen molar-refractivity contribution in [3.63, 3.8) is 0 Å². The molecule has 17 heavy (non-hydrogen) atoms. The molecule has 3 nitrogen and oxygen atoms in total. The van der Waals surface area contributed by atoms with Gasteiger partial charge in [-0.05, 0) is 31.6 Å². The molecule has 1 heterocycles. The second-order valence-corrected chi connectivity index (χ2v) is 4.29. The van der Waals surface area contributed by atoms with Crippen LogP contribution in [-0.4, -0.2) is 36.1 Å². The first-order valence-corrected chi connectivity index (χ1v) is 6.69. The Kier molecular flexibility index (Phi) is 7.60. The number of nitrogens with zero attached hydrogens (tertiary/aromatic N) is 2. The van der Waals surface area contributed by atoms with E-state index in [4.69, 9.17) is 0 Å². The molecule has 0 aliphatic rings. The number of hydrogen-bond acceptors (Lipinski definition) is 3. The summed E-state index contributed by atoms with van der Waals surface area (Å²) in [6, 6.07) is 6.11. The number of nitrogens with one attached hydrogen (secondary N) is 1. The summed E-state index contributed by atoms with van der Waals surface area (Å²) in [5.41, 5.74) is 1.16. The van der Waals surface area contributed by atoms with E-state index in [-0.39, 0.29) is 0 Å². The predicted molar refractivity (Wildman–Crippen MR) is 73.0 cm³/mol. The van der Waals surface area contributed by atoms with Crippen LogP contribution in [0.1, 0.15) is 32.4 Å². The van der Waals surface area contributed by atoms with Crippen molar-refractivity contribution in [1.82, 2.24) is 15.2 Å². The Morgan fingerprint density at radius 1 is 1.24 bits per heavy atom. The second kappa shape index (κ2) is 9.14. The molecule has 1 N–H and O–H groups in total. The van der Waals surface area contributed by atoms with Gasteiger partial charge in [0.25, 0.3) is 0 Å². The number of pyridine rings is 1. The standard InChI is InChI=1S/C14H25N3/c1-3-5-9-15-11-12-17(4-2)13-14-8-6-7-10-16-14/h6-8,10,15H,3-5,9,11-13H2,1-2H3. The minimum Gasteiger partial charge on any atom is -0.315 e. The van der Waals surface area contributed by atoms with E-state index < -0.39 is 0 Å². The van der Waals surface area contributed by atoms with E-state index >= 15 is 0 Å². The largest absolute Gasteiger partial charge is 0.315 e. The van der Waals surface area contributed by atoms with Gasteiger partial charge in [0.05, 0.1) is 5.69 Å². The third kappa shape index (κ3) is 6.39. The number of hydrogen-bond donors (Lipinski definition) is 1. The lowest BCUT2D eigenvalue weighted by Gasteiger charge is -2.20. The molecule has 1 rings (SSSR count). The zero-order chi connectivity index (χ0) is 12.3. The molecule has 0 fully saturated rings. The molecule has 0 radical (unpaired) electrons. The van der Waals surface area contributed by atoms with Crippen LogP contribution in [0.2, 0.25) is 0 Å². The van der Waals surface area contributed by atoms with Crippen molar-refractivity contribution in [1.29, 1.82) is 0 Å². The first-order chi connectivity index (χ1) is 8.36. The van der Waals surface area contributed by atoms with Crippen LogP contribution in [0.4, 0.5) is 0 Å². The van der Waals surface area contributed by atoms with E-state index in [1.54, 1.807) is 0 Å². The zero-order valence-electron chi connectivity index (χ0n) is 11.2. The Hall–Kier alpha value is -0.930. The number of unbranched alkanes of at least 4 members (excludes halogenated alkanes) is 1. The van der Waals surface area contributed by atoms with Crippen molar-refractivity contribution in [2.75, 3.05) is 26.2 Å². The van der Waals surface area contributed by atoms with Crippen LogP contribution in [0.15, 0.2) is 24.4 Å². The van der Waals surface area contributed by atoms with Crippen molar-refractivity contribution in [2.45, 2.75) is 33.2 Å². The minimum absolute atomic E-state index is 0.951. The Morgan fingerprint density at radius 3 is 2.76 bits per heavy atom. The fourth-order valence-electron chi connectivity index (χ4n) is 1.73. The van der Waals surface area contributed by atoms with Gasteiger partial charge in [-0.25, -0.2) is 0 Å². The highest BCUT2D eigenvalue weighted by Crippen LogP contribution is 1.99. The summed E-state index contributed by atoms with van der Waals surface area (Å²) < 4.78 is 0. The Bertz CT molecular complexity index is 274. The summed E-state index contributed by atoms with van der Waals surface area (Å²) in [6.07, 6.45) is 4.40. The average Bonchev–Trinajstić information content (AvgIpc) is 2.38. The van der Waals surface area contributed by atoms with Crippen LogP contribution in [-0.2, 0) is 6.54 Å². The maximum atomic E-state index is 4.36. The monoisotopic (exact) mass is 235 g/mol. The maximum Gasteiger partial charge on any atom is 0.0543 e. The lowest BCUT2D eigenvalue weighted by molar-refractivity contribution is 0.276. The minimum atomic E-state index is 0.951. The summed E-state index contributed by atoms with van der Waals surface area (Å²) >= 11 is 0. The van der Waals surface area contributed by atoms with Crippen LogP contribution < -0.4 is 5.32 Å². The van der Waals surface area contributed by atoms with Crippen LogP contribution in [0.25, 0.3) is 0 Å². The molecule has 0 saturated carbocycles. The third-order valence-electron chi connectivity index (χ3n) is 2.87. The van der Waals surface area contributed by atoms with Gasteiger partial charge in [-0.15, -0.1) is 0 Å². The van der Waals surface area contributed by atoms with Crippen molar-refractivity contribution < 1.29 is 0 Å². The van der Waals surface area contributed by atoms with Gasteiger partial charge in [0.1, 0.15) is 0 Å². The van der Waals surface area contributed by atoms with E-state index in [0.717, 1.165) is 38.4 Å². The summed E-state index contributed by atoms with van der Waals surface area (Å²) in [7, 11) is 0. The SMILES string of the molecule is CCCCNCCN(CC)Cc1ccccn1. The fraction of sp³-hybridized carbons (Fsp3) is 0.643. The molecule has 0 aromatic carbocycles. The zero-order valence-corrected chi connectivity index (χ0v) is 11.2. The molecular formula is C14H25N3. The second-order valence-electron chi connectivity index (χ2n) is 4.29. The molecule has 1 aromatic rings. The number of rotatable bonds is 9. The van der Waals surface area contributed by atoms with E-state index in [0.29, 0.717) is 0 Å². The molecule has 0 amide bonds. The molecule has 0 aliphatic carbocycles. The number of likely N-dealkylation sites (N-methyl/N-ethyl adjacent to an activating group) is 1. The van der Waals surface area contributed by atoms with E-state index in [1.807, 2.05) is 12.3 Å². The molecule has 0 bridgehead atoms. The fourth-order valence-corrected chi connectivity index (χ4v) is 1.73. The predicted octanol–water partition coefficient (Wildman–Crippen LogP) is 2.29. The van der Waals surface area contributed by atoms with Gasteiger partial charge in [0.15, 0.2) is 0 Å². The van der Waals surface area contributed by atoms with Gasteiger partial charge < -0.3 is 5.32 Å². The van der Waals surface area contributed by atoms with Crippen molar-refractivity contribution in [3.05, 3.63) is 30.1 Å². The van der Waals surface area contributed by atoms with Crippen LogP contribution in [0.5, 0.6) is 0 Å². The topological polar surface area (TPSA) is 28.2 Å². The van der Waals surface area contributed by atoms with Crippen LogP contribution in [0.3, 0.4) is 0 Å². The highest BCUT2D eigenvalue weighted by molar-refractivity contribution is 5.03. The average molecular weight is 235 g/mol. The van der Waals surface area contributed by atoms with Gasteiger partial charge in [-0.1, -0.05) is 26.3 Å². The van der Waals surface area contributed by atoms with Gasteiger partial charge in [-0.2, -0.15) is 0 Å². The highest BCUT2D eigenvalue weighted by Gasteiger charge is 2.03. The molecule has 0 unspecified atom stereocenters. The molecule has 0 saturated heterocycles. The van der Waals surface area contributed by atoms with E-state index in [2.05, 4.69) is 41.2 Å². The van der Waals surface area contributed by atoms with E-state index in [9.17, 15) is 0 Å². The smallest absolute Gasteiger partial charge is 0.0543 e. The Labute approximate surface area is 105 Å². The molecule has 1 aromatic heterocycles. The van der Waals surface area contributed by atoms with Crippen molar-refractivity contribution in [2.24, 2.45) is 0 Å². The molecule has 0 atom stereocenters. The molecule has 96 valence electrons. The molecular weight excluding hydrogens is 210 g/mol. The molecule has 0 aliphatic heterocycles. The highest BCUT2D eigenvalue weighted by atomic mass is 15.1. The van der Waals surface area contributed by atoms with Crippen molar-refractivity contribution in [3.8, 4) is 0 Å². The van der Waals surface area contributed by atoms with Gasteiger partial charge in [-0.3, -0.25) is 9.88 Å². The Balaban J connectivity index is 2.20. The van der Waals surface area contributed by atoms with Gasteiger partial charge in [0, 0.05) is 25.8 Å². The summed E-state index contributed by atoms with van der Waals surface area (Å²) in [5, 5.41) is 3.47. The quantitative estimate of drug-likeness (QED) is 0.666. The van der Waals surface area contributed by atoms with E-state index in [1.165, 1.54) is 12.8 Å². The number of aromatic nitrogens is 1. The summed E-state index contributed by atoms with van der Waals surface area (Å²) in [4.78, 5) is 6.78. The Morgan fingerprint density at radius 2 is 2.12 bits per heavy atom. The van der Waals surface area contributed by atoms with Gasteiger partial charge >= 0.3 is 0 Å². The lowest BCUT2D eigenvalue weighted by Crippen LogP contribution is -2.32. The van der Waals surface area contributed by atoms with Crippen LogP contribution >= 0.6 is 0 Å². The lowest BCUT2D eigenvalue weighted by atomic mass is 10.3. The van der Waals surface area contributed by atoms with Gasteiger partial charge in [0.2, 0.25) is 0 Å². The van der Waals surface area contributed by atoms with Crippen LogP contribution in [0, 0.1) is 0 Å². The third-order valence-corrected chi connectivity index (χ3v) is 2.87. The molecule has 0 spiro atoms. The molecule has 3 heteroatoms.